The fourth-order valence-corrected chi connectivity index (χ4v) is 0.293. The van der Waals surface area contributed by atoms with E-state index in [1.165, 1.54) is 6.92 Å². The molecule has 0 aromatic heterocycles. The van der Waals surface area contributed by atoms with E-state index in [-0.39, 0.29) is 35.1 Å². The number of carbonyl (C=O) groups excluding carboxylic acids is 1. The Morgan fingerprint density at radius 2 is 2.20 bits per heavy atom. The van der Waals surface area contributed by atoms with Crippen LogP contribution in [0.5, 0.6) is 0 Å². The fourth-order valence-electron chi connectivity index (χ4n) is 0.293. The quantitative estimate of drug-likeness (QED) is 0.181. The van der Waals surface area contributed by atoms with E-state index in [9.17, 15) is 9.90 Å². The van der Waals surface area contributed by atoms with Crippen LogP contribution in [0.25, 0.3) is 0 Å². The Kier molecular flexibility index (Phi) is 9.02. The van der Waals surface area contributed by atoms with Gasteiger partial charge in [-0.2, -0.15) is 0 Å². The van der Waals surface area contributed by atoms with Gasteiger partial charge in [-0.1, -0.05) is 0 Å². The minimum atomic E-state index is -0.535. The van der Waals surface area contributed by atoms with Crippen molar-refractivity contribution in [2.24, 2.45) is 0 Å². The van der Waals surface area contributed by atoms with Gasteiger partial charge in [0.2, 0.25) is 0 Å². The van der Waals surface area contributed by atoms with Crippen LogP contribution in [0.2, 0.25) is 0 Å². The van der Waals surface area contributed by atoms with Crippen LogP contribution in [0.4, 0.5) is 0 Å². The van der Waals surface area contributed by atoms with E-state index < -0.39 is 5.97 Å². The summed E-state index contributed by atoms with van der Waals surface area (Å²) in [5, 5.41) is 9.88. The summed E-state index contributed by atoms with van der Waals surface area (Å²) in [5.41, 5.74) is 0.108. The first-order chi connectivity index (χ1) is 4.22. The van der Waals surface area contributed by atoms with Gasteiger partial charge >= 0.3 is 35.5 Å². The van der Waals surface area contributed by atoms with E-state index in [1.54, 1.807) is 6.92 Å². The summed E-state index contributed by atoms with van der Waals surface area (Å²) >= 11 is 0. The molecule has 52 valence electrons. The van der Waals surface area contributed by atoms with Crippen LogP contribution in [-0.4, -0.2) is 12.6 Å². The second kappa shape index (κ2) is 7.12. The van der Waals surface area contributed by atoms with Crippen molar-refractivity contribution in [1.29, 1.82) is 0 Å². The Hall–Kier alpha value is 0.0100. The number of hydrogen-bond acceptors (Lipinski definition) is 3. The van der Waals surface area contributed by atoms with Crippen molar-refractivity contribution >= 4 is 5.97 Å². The molecule has 0 aliphatic rings. The van der Waals surface area contributed by atoms with Crippen LogP contribution >= 0.6 is 0 Å². The van der Waals surface area contributed by atoms with Gasteiger partial charge < -0.3 is 9.84 Å². The molecule has 0 fully saturated rings. The molecule has 0 bridgehead atoms. The first-order valence-electron chi connectivity index (χ1n) is 2.68. The number of esters is 1. The van der Waals surface area contributed by atoms with E-state index in [2.05, 4.69) is 4.74 Å². The zero-order chi connectivity index (χ0) is 7.28. The van der Waals surface area contributed by atoms with E-state index >= 15 is 0 Å². The van der Waals surface area contributed by atoms with Gasteiger partial charge in [0.15, 0.2) is 0 Å². The van der Waals surface area contributed by atoms with Crippen molar-refractivity contribution in [1.82, 2.24) is 0 Å². The normalized spacial score (nSPS) is 10.0. The van der Waals surface area contributed by atoms with Crippen LogP contribution in [0, 0.1) is 0 Å². The predicted molar refractivity (Wildman–Crippen MR) is 30.4 cm³/mol. The zero-order valence-electron chi connectivity index (χ0n) is 6.51. The van der Waals surface area contributed by atoms with Gasteiger partial charge in [0.25, 0.3) is 0 Å². The van der Waals surface area contributed by atoms with Gasteiger partial charge in [-0.3, -0.25) is 0 Å². The van der Waals surface area contributed by atoms with Crippen LogP contribution in [0.3, 0.4) is 0 Å². The van der Waals surface area contributed by atoms with Gasteiger partial charge in [0, 0.05) is 5.57 Å². The molecule has 0 radical (unpaired) electrons. The molecule has 0 aliphatic heterocycles. The summed E-state index contributed by atoms with van der Waals surface area (Å²) in [6.07, 6.45) is 0.484. The summed E-state index contributed by atoms with van der Waals surface area (Å²) in [6.45, 7) is 3.42. The monoisotopic (exact) mass is 152 g/mol. The van der Waals surface area contributed by atoms with Gasteiger partial charge in [-0.15, -0.1) is 6.26 Å². The molecule has 0 spiro atoms. The smallest absolute Gasteiger partial charge is 0.878 e. The fraction of sp³-hybridized carbons (Fsp3) is 0.500. The maximum absolute atomic E-state index is 10.5. The zero-order valence-corrected chi connectivity index (χ0v) is 8.51. The van der Waals surface area contributed by atoms with Gasteiger partial charge in [0.1, 0.15) is 0 Å². The maximum Gasteiger partial charge on any atom is 1.00 e. The van der Waals surface area contributed by atoms with E-state index in [1.807, 2.05) is 0 Å². The van der Waals surface area contributed by atoms with Crippen LogP contribution in [0.1, 0.15) is 13.8 Å². The van der Waals surface area contributed by atoms with Gasteiger partial charge in [-0.25, -0.2) is 4.79 Å². The number of ether oxygens (including phenoxy) is 1. The molecule has 0 heterocycles. The van der Waals surface area contributed by atoms with E-state index in [4.69, 9.17) is 0 Å². The summed E-state index contributed by atoms with van der Waals surface area (Å²) in [7, 11) is 0. The molecule has 0 saturated heterocycles. The molecule has 0 unspecified atom stereocenters. The Morgan fingerprint density at radius 1 is 1.70 bits per heavy atom. The molecule has 0 aromatic carbocycles. The van der Waals surface area contributed by atoms with Crippen LogP contribution in [0.15, 0.2) is 11.8 Å². The molecule has 10 heavy (non-hydrogen) atoms. The number of carbonyl (C=O) groups is 1. The Bertz CT molecular complexity index is 131. The first kappa shape index (κ1) is 12.7. The first-order valence-corrected chi connectivity index (χ1v) is 2.68. The van der Waals surface area contributed by atoms with Crippen molar-refractivity contribution < 1.29 is 44.2 Å². The average molecular weight is 152 g/mol. The summed E-state index contributed by atoms with van der Waals surface area (Å²) < 4.78 is 4.49. The molecule has 0 rings (SSSR count). The third-order valence-corrected chi connectivity index (χ3v) is 0.774. The molecule has 3 nitrogen and oxygen atoms in total. The average Bonchev–Trinajstić information content (AvgIpc) is 1.87. The third-order valence-electron chi connectivity index (χ3n) is 0.774. The van der Waals surface area contributed by atoms with Gasteiger partial charge in [-0.05, 0) is 13.8 Å². The molecular formula is C6H9NaO3. The standard InChI is InChI=1S/C6H10O3.Na/c1-3-9-6(8)5(2)4-7;/h4,7H,3H2,1-2H3;/q;+1/p-1/b5-4-;. The van der Waals surface area contributed by atoms with E-state index in [0.29, 0.717) is 12.9 Å². The SMILES string of the molecule is CCOC(=O)/C(C)=C\[O-].[Na+]. The minimum Gasteiger partial charge on any atom is -0.878 e. The summed E-state index contributed by atoms with van der Waals surface area (Å²) in [4.78, 5) is 10.5. The third kappa shape index (κ3) is 4.85. The van der Waals surface area contributed by atoms with E-state index in [0.717, 1.165) is 0 Å². The molecule has 0 N–H and O–H groups in total. The van der Waals surface area contributed by atoms with Crippen molar-refractivity contribution in [3.63, 3.8) is 0 Å². The molecular weight excluding hydrogens is 143 g/mol. The topological polar surface area (TPSA) is 49.4 Å². The summed E-state index contributed by atoms with van der Waals surface area (Å²) in [5.74, 6) is -0.535. The number of hydrogen-bond donors (Lipinski definition) is 0. The Balaban J connectivity index is 0. The van der Waals surface area contributed by atoms with Crippen molar-refractivity contribution in [2.45, 2.75) is 13.8 Å². The molecule has 0 aliphatic carbocycles. The largest absolute Gasteiger partial charge is 1.00 e. The Labute approximate surface area is 82.4 Å². The van der Waals surface area contributed by atoms with Gasteiger partial charge in [0.05, 0.1) is 6.61 Å². The molecule has 0 atom stereocenters. The Morgan fingerprint density at radius 3 is 2.50 bits per heavy atom. The summed E-state index contributed by atoms with van der Waals surface area (Å²) in [6, 6.07) is 0. The van der Waals surface area contributed by atoms with Crippen LogP contribution < -0.4 is 34.7 Å². The van der Waals surface area contributed by atoms with Crippen molar-refractivity contribution in [3.05, 3.63) is 11.8 Å². The molecule has 0 saturated carbocycles. The molecule has 0 aromatic rings. The van der Waals surface area contributed by atoms with Crippen molar-refractivity contribution in [2.75, 3.05) is 6.61 Å². The number of rotatable bonds is 2. The van der Waals surface area contributed by atoms with Crippen LogP contribution in [-0.2, 0) is 9.53 Å². The van der Waals surface area contributed by atoms with Crippen molar-refractivity contribution in [3.8, 4) is 0 Å². The second-order valence-corrected chi connectivity index (χ2v) is 1.52. The predicted octanol–water partition coefficient (Wildman–Crippen LogP) is -3.18. The second-order valence-electron chi connectivity index (χ2n) is 1.52. The minimum absolute atomic E-state index is 0. The maximum atomic E-state index is 10.5. The molecule has 0 amide bonds. The molecule has 4 heteroatoms.